The van der Waals surface area contributed by atoms with Crippen LogP contribution >= 0.6 is 27.3 Å². The maximum absolute atomic E-state index is 9.02. The minimum Gasteiger partial charge on any atom is -0.364 e. The second kappa shape index (κ2) is 3.62. The van der Waals surface area contributed by atoms with Crippen molar-refractivity contribution in [3.63, 3.8) is 0 Å². The van der Waals surface area contributed by atoms with Crippen LogP contribution in [-0.2, 0) is 0 Å². The highest BCUT2D eigenvalue weighted by atomic mass is 79.9. The number of aliphatic hydroxyl groups excluding tert-OH is 1. The van der Waals surface area contributed by atoms with Gasteiger partial charge in [-0.15, -0.1) is 11.3 Å². The fourth-order valence-electron chi connectivity index (χ4n) is 1.31. The Balaban J connectivity index is 2.66. The molecule has 0 aliphatic heterocycles. The molecule has 2 nitrogen and oxygen atoms in total. The van der Waals surface area contributed by atoms with Gasteiger partial charge in [0.15, 0.2) is 6.29 Å². The quantitative estimate of drug-likeness (QED) is 0.784. The Labute approximate surface area is 93.9 Å². The van der Waals surface area contributed by atoms with E-state index < -0.39 is 6.29 Å². The van der Waals surface area contributed by atoms with E-state index in [1.54, 1.807) is 6.07 Å². The predicted octanol–water partition coefficient (Wildman–Crippen LogP) is 2.96. The lowest BCUT2D eigenvalue weighted by molar-refractivity contribution is -0.0394. The van der Waals surface area contributed by atoms with Crippen LogP contribution in [-0.4, -0.2) is 10.2 Å². The molecule has 2 aromatic rings. The first-order chi connectivity index (χ1) is 6.58. The van der Waals surface area contributed by atoms with Crippen LogP contribution in [0.5, 0.6) is 0 Å². The summed E-state index contributed by atoms with van der Waals surface area (Å²) in [5, 5.41) is 19.1. The number of aliphatic hydroxyl groups is 2. The highest BCUT2D eigenvalue weighted by Gasteiger charge is 2.08. The van der Waals surface area contributed by atoms with E-state index in [1.807, 2.05) is 19.1 Å². The average Bonchev–Trinajstić information content (AvgIpc) is 2.48. The summed E-state index contributed by atoms with van der Waals surface area (Å²) >= 11 is 4.85. The van der Waals surface area contributed by atoms with E-state index in [0.29, 0.717) is 4.88 Å². The van der Waals surface area contributed by atoms with Crippen molar-refractivity contribution in [3.05, 3.63) is 33.1 Å². The molecule has 74 valence electrons. The van der Waals surface area contributed by atoms with Crippen molar-refractivity contribution in [1.82, 2.24) is 0 Å². The van der Waals surface area contributed by atoms with Gasteiger partial charge in [0.2, 0.25) is 0 Å². The number of aryl methyl sites for hydroxylation is 1. The molecule has 0 fully saturated rings. The zero-order valence-electron chi connectivity index (χ0n) is 7.49. The first-order valence-electron chi connectivity index (χ1n) is 4.13. The van der Waals surface area contributed by atoms with Crippen molar-refractivity contribution < 1.29 is 10.2 Å². The largest absolute Gasteiger partial charge is 0.364 e. The molecule has 0 saturated carbocycles. The monoisotopic (exact) mass is 272 g/mol. The summed E-state index contributed by atoms with van der Waals surface area (Å²) in [4.78, 5) is 0.581. The molecule has 0 aliphatic carbocycles. The molecule has 4 heteroatoms. The molecule has 1 aromatic carbocycles. The van der Waals surface area contributed by atoms with E-state index in [0.717, 1.165) is 20.1 Å². The molecule has 2 N–H and O–H groups in total. The Morgan fingerprint density at radius 1 is 1.29 bits per heavy atom. The van der Waals surface area contributed by atoms with E-state index >= 15 is 0 Å². The molecule has 0 atom stereocenters. The van der Waals surface area contributed by atoms with Crippen LogP contribution < -0.4 is 0 Å². The summed E-state index contributed by atoms with van der Waals surface area (Å²) in [5.74, 6) is 0. The smallest absolute Gasteiger partial charge is 0.188 e. The summed E-state index contributed by atoms with van der Waals surface area (Å²) in [6, 6.07) is 5.83. The van der Waals surface area contributed by atoms with Crippen LogP contribution in [0.2, 0.25) is 0 Å². The molecule has 0 aliphatic rings. The van der Waals surface area contributed by atoms with Gasteiger partial charge in [-0.25, -0.2) is 0 Å². The first-order valence-corrected chi connectivity index (χ1v) is 5.74. The van der Waals surface area contributed by atoms with Crippen molar-refractivity contribution in [2.75, 3.05) is 0 Å². The maximum Gasteiger partial charge on any atom is 0.188 e. The van der Waals surface area contributed by atoms with Crippen molar-refractivity contribution in [2.45, 2.75) is 13.2 Å². The molecular formula is C10H9BrO2S. The lowest BCUT2D eigenvalue weighted by Gasteiger charge is -1.96. The third-order valence-corrected chi connectivity index (χ3v) is 4.06. The normalized spacial score (nSPS) is 11.5. The van der Waals surface area contributed by atoms with Gasteiger partial charge >= 0.3 is 0 Å². The molecule has 2 rings (SSSR count). The molecule has 14 heavy (non-hydrogen) atoms. The van der Waals surface area contributed by atoms with Crippen LogP contribution in [0.15, 0.2) is 22.7 Å². The molecule has 0 amide bonds. The van der Waals surface area contributed by atoms with Crippen LogP contribution in [0.1, 0.15) is 16.7 Å². The van der Waals surface area contributed by atoms with E-state index in [9.17, 15) is 0 Å². The van der Waals surface area contributed by atoms with E-state index in [4.69, 9.17) is 10.2 Å². The van der Waals surface area contributed by atoms with Crippen molar-refractivity contribution in [2.24, 2.45) is 0 Å². The van der Waals surface area contributed by atoms with Gasteiger partial charge in [-0.1, -0.05) is 15.9 Å². The number of hydrogen-bond donors (Lipinski definition) is 2. The van der Waals surface area contributed by atoms with Gasteiger partial charge in [-0.05, 0) is 36.1 Å². The van der Waals surface area contributed by atoms with Crippen molar-refractivity contribution >= 4 is 37.4 Å². The molecule has 0 bridgehead atoms. The van der Waals surface area contributed by atoms with E-state index in [1.165, 1.54) is 11.3 Å². The number of thiophene rings is 1. The molecule has 0 radical (unpaired) electrons. The van der Waals surface area contributed by atoms with Crippen molar-refractivity contribution in [3.8, 4) is 0 Å². The van der Waals surface area contributed by atoms with Crippen LogP contribution in [0.3, 0.4) is 0 Å². The molecule has 1 heterocycles. The Kier molecular flexibility index (Phi) is 2.62. The second-order valence-electron chi connectivity index (χ2n) is 3.16. The zero-order chi connectivity index (χ0) is 10.3. The zero-order valence-corrected chi connectivity index (χ0v) is 9.89. The van der Waals surface area contributed by atoms with Crippen LogP contribution in [0.4, 0.5) is 0 Å². The van der Waals surface area contributed by atoms with Crippen LogP contribution in [0.25, 0.3) is 10.1 Å². The van der Waals surface area contributed by atoms with Crippen LogP contribution in [0, 0.1) is 6.92 Å². The number of hydrogen-bond acceptors (Lipinski definition) is 3. The van der Waals surface area contributed by atoms with Gasteiger partial charge in [0.1, 0.15) is 0 Å². The SMILES string of the molecule is Cc1cc2sc(C(O)O)cc2cc1Br. The van der Waals surface area contributed by atoms with Gasteiger partial charge in [0.25, 0.3) is 0 Å². The fraction of sp³-hybridized carbons (Fsp3) is 0.200. The predicted molar refractivity (Wildman–Crippen MR) is 61.4 cm³/mol. The maximum atomic E-state index is 9.02. The Morgan fingerprint density at radius 2 is 2.00 bits per heavy atom. The number of halogens is 1. The molecule has 0 saturated heterocycles. The summed E-state index contributed by atoms with van der Waals surface area (Å²) in [6.45, 7) is 2.01. The minimum absolute atomic E-state index is 0.581. The fourth-order valence-corrected chi connectivity index (χ4v) is 2.69. The van der Waals surface area contributed by atoms with Gasteiger partial charge < -0.3 is 10.2 Å². The Hall–Kier alpha value is -0.420. The van der Waals surface area contributed by atoms with Gasteiger partial charge in [-0.2, -0.15) is 0 Å². The van der Waals surface area contributed by atoms with E-state index in [-0.39, 0.29) is 0 Å². The summed E-state index contributed by atoms with van der Waals surface area (Å²) in [6.07, 6.45) is -1.37. The third kappa shape index (κ3) is 1.70. The second-order valence-corrected chi connectivity index (χ2v) is 5.13. The Morgan fingerprint density at radius 3 is 2.64 bits per heavy atom. The minimum atomic E-state index is -1.37. The summed E-state index contributed by atoms with van der Waals surface area (Å²) < 4.78 is 2.12. The molecule has 0 spiro atoms. The standard InChI is InChI=1S/C10H9BrO2S/c1-5-2-8-6(3-7(5)11)4-9(14-8)10(12)13/h2-4,10,12-13H,1H3. The lowest BCUT2D eigenvalue weighted by Crippen LogP contribution is -1.88. The molecule has 0 unspecified atom stereocenters. The molecule has 1 aromatic heterocycles. The number of benzene rings is 1. The van der Waals surface area contributed by atoms with E-state index in [2.05, 4.69) is 15.9 Å². The number of rotatable bonds is 1. The average molecular weight is 273 g/mol. The number of fused-ring (bicyclic) bond motifs is 1. The lowest BCUT2D eigenvalue weighted by atomic mass is 10.2. The van der Waals surface area contributed by atoms with Gasteiger partial charge in [-0.3, -0.25) is 0 Å². The third-order valence-electron chi connectivity index (χ3n) is 2.07. The Bertz CT molecular complexity index is 437. The van der Waals surface area contributed by atoms with Gasteiger partial charge in [0.05, 0.1) is 4.88 Å². The summed E-state index contributed by atoms with van der Waals surface area (Å²) in [5.41, 5.74) is 1.15. The molecular weight excluding hydrogens is 264 g/mol. The van der Waals surface area contributed by atoms with Gasteiger partial charge in [0, 0.05) is 9.17 Å². The first kappa shape index (κ1) is 10.1. The highest BCUT2D eigenvalue weighted by Crippen LogP contribution is 2.32. The van der Waals surface area contributed by atoms with Crippen molar-refractivity contribution in [1.29, 1.82) is 0 Å². The highest BCUT2D eigenvalue weighted by molar-refractivity contribution is 9.10. The topological polar surface area (TPSA) is 40.5 Å². The summed E-state index contributed by atoms with van der Waals surface area (Å²) in [7, 11) is 0.